The predicted molar refractivity (Wildman–Crippen MR) is 171 cm³/mol. The van der Waals surface area contributed by atoms with Crippen LogP contribution in [0.5, 0.6) is 5.75 Å². The number of benzene rings is 2. The van der Waals surface area contributed by atoms with E-state index in [4.69, 9.17) is 20.7 Å². The average molecular weight is 624 g/mol. The Morgan fingerprint density at radius 2 is 1.84 bits per heavy atom. The topological polar surface area (TPSA) is 147 Å². The molecule has 3 saturated carbocycles. The molecule has 8 nitrogen and oxygen atoms in total. The van der Waals surface area contributed by atoms with Gasteiger partial charge in [0.25, 0.3) is 0 Å². The van der Waals surface area contributed by atoms with Crippen LogP contribution in [0, 0.1) is 34.0 Å². The number of rotatable bonds is 6. The molecule has 0 spiro atoms. The molecule has 0 radical (unpaired) electrons. The van der Waals surface area contributed by atoms with Gasteiger partial charge < -0.3 is 25.8 Å². The summed E-state index contributed by atoms with van der Waals surface area (Å²) in [5.41, 5.74) is 5.10. The number of hydrogen-bond donors (Lipinski definition) is 4. The number of aliphatic hydroxyl groups is 1. The first-order valence-electron chi connectivity index (χ1n) is 15.2. The number of aliphatic hydroxyl groups excluding tert-OH is 1. The standard InChI is InChI=1S/C28H39NO4S.C7H6O3/c1-6-26(4)15-22(33-23(31)16-34-20-9-7-8-19(29)14-20)27(5)17(2)10-12-28(18(3)25(26)32)13-11-21(30)24(27)28;8-6-4-2-1-3-5(6)7(9)10/h6-9,14,17-18,22,24-25,32H,1,10-13,15-16,29H2,2-5H3;1-4,8H,(H,9,10)/t17-,18+,22-,24+,25+,26-,27+,28+;/m1./s1. The van der Waals surface area contributed by atoms with Gasteiger partial charge in [-0.1, -0.05) is 52.0 Å². The summed E-state index contributed by atoms with van der Waals surface area (Å²) in [4.78, 5) is 37.8. The summed E-state index contributed by atoms with van der Waals surface area (Å²) in [6, 6.07) is 13.3. The van der Waals surface area contributed by atoms with Gasteiger partial charge in [-0.15, -0.1) is 18.3 Å². The number of aromatic carboxylic acids is 1. The van der Waals surface area contributed by atoms with E-state index in [0.717, 1.165) is 24.2 Å². The van der Waals surface area contributed by atoms with Crippen molar-refractivity contribution in [3.8, 4) is 5.75 Å². The number of carboxylic acids is 1. The molecule has 2 aromatic rings. The molecule has 0 saturated heterocycles. The van der Waals surface area contributed by atoms with Crippen molar-refractivity contribution in [1.29, 1.82) is 0 Å². The first-order chi connectivity index (χ1) is 20.7. The zero-order valence-corrected chi connectivity index (χ0v) is 26.8. The Bertz CT molecular complexity index is 1410. The summed E-state index contributed by atoms with van der Waals surface area (Å²) < 4.78 is 6.27. The lowest BCUT2D eigenvalue weighted by atomic mass is 9.44. The molecule has 0 unspecified atom stereocenters. The monoisotopic (exact) mass is 623 g/mol. The minimum absolute atomic E-state index is 0.0329. The number of esters is 1. The number of carbonyl (C=O) groups is 3. The van der Waals surface area contributed by atoms with Gasteiger partial charge in [-0.25, -0.2) is 4.79 Å². The lowest BCUT2D eigenvalue weighted by Crippen LogP contribution is -2.63. The zero-order chi connectivity index (χ0) is 32.4. The van der Waals surface area contributed by atoms with Crippen LogP contribution < -0.4 is 5.73 Å². The fraction of sp³-hybridized carbons (Fsp3) is 0.514. The number of hydrogen-bond acceptors (Lipinski definition) is 8. The van der Waals surface area contributed by atoms with Crippen molar-refractivity contribution in [2.75, 3.05) is 11.5 Å². The van der Waals surface area contributed by atoms with E-state index in [9.17, 15) is 19.5 Å². The van der Waals surface area contributed by atoms with Crippen molar-refractivity contribution in [1.82, 2.24) is 0 Å². The summed E-state index contributed by atoms with van der Waals surface area (Å²) in [5, 5.41) is 28.9. The SMILES string of the molecule is C=C[C@]1(C)C[C@@H](OC(=O)CSc2cccc(N)c2)[C@]2(C)[C@H](C)CC[C@]3(CCC(=O)[C@H]32)[C@@H](C)[C@@H]1O.O=C(O)c1ccccc1O. The quantitative estimate of drug-likeness (QED) is 0.125. The summed E-state index contributed by atoms with van der Waals surface area (Å²) >= 11 is 1.40. The molecule has 238 valence electrons. The van der Waals surface area contributed by atoms with E-state index in [-0.39, 0.29) is 52.0 Å². The number of carboxylic acid groups (broad SMARTS) is 1. The van der Waals surface area contributed by atoms with Crippen LogP contribution in [0.2, 0.25) is 0 Å². The van der Waals surface area contributed by atoms with Gasteiger partial charge in [-0.3, -0.25) is 9.59 Å². The van der Waals surface area contributed by atoms with Crippen molar-refractivity contribution in [3.05, 3.63) is 66.7 Å². The van der Waals surface area contributed by atoms with Crippen molar-refractivity contribution >= 4 is 35.2 Å². The highest BCUT2D eigenvalue weighted by molar-refractivity contribution is 8.00. The molecule has 44 heavy (non-hydrogen) atoms. The van der Waals surface area contributed by atoms with Gasteiger partial charge in [0.1, 0.15) is 23.2 Å². The average Bonchev–Trinajstić information content (AvgIpc) is 3.35. The number of thioether (sulfide) groups is 1. The number of phenols is 1. The first kappa shape index (κ1) is 33.6. The normalized spacial score (nSPS) is 34.4. The molecule has 0 aromatic heterocycles. The van der Waals surface area contributed by atoms with E-state index in [1.807, 2.05) is 37.3 Å². The molecule has 5 N–H and O–H groups in total. The second-order valence-electron chi connectivity index (χ2n) is 13.2. The fourth-order valence-corrected chi connectivity index (χ4v) is 8.84. The van der Waals surface area contributed by atoms with E-state index in [2.05, 4.69) is 27.4 Å². The van der Waals surface area contributed by atoms with Crippen LogP contribution >= 0.6 is 11.8 Å². The molecule has 3 aliphatic rings. The Labute approximate surface area is 264 Å². The maximum atomic E-state index is 13.4. The Hall–Kier alpha value is -3.30. The fourth-order valence-electron chi connectivity index (χ4n) is 8.10. The minimum Gasteiger partial charge on any atom is -0.507 e. The number of nitrogens with two attached hydrogens (primary N) is 1. The molecule has 5 rings (SSSR count). The van der Waals surface area contributed by atoms with Gasteiger partial charge in [0.15, 0.2) is 0 Å². The number of carbonyl (C=O) groups excluding carboxylic acids is 2. The van der Waals surface area contributed by atoms with Crippen LogP contribution in [0.1, 0.15) is 70.2 Å². The molecule has 8 atom stereocenters. The van der Waals surface area contributed by atoms with Crippen LogP contribution in [0.15, 0.2) is 66.1 Å². The highest BCUT2D eigenvalue weighted by Crippen LogP contribution is 2.68. The van der Waals surface area contributed by atoms with E-state index >= 15 is 0 Å². The van der Waals surface area contributed by atoms with Crippen LogP contribution in [0.4, 0.5) is 5.69 Å². The molecular weight excluding hydrogens is 578 g/mol. The maximum Gasteiger partial charge on any atom is 0.339 e. The van der Waals surface area contributed by atoms with Gasteiger partial charge in [-0.05, 0) is 73.3 Å². The molecule has 2 bridgehead atoms. The Morgan fingerprint density at radius 3 is 2.45 bits per heavy atom. The molecular formula is C35H45NO7S. The number of para-hydroxylation sites is 1. The number of aromatic hydroxyl groups is 1. The van der Waals surface area contributed by atoms with Crippen molar-refractivity contribution in [2.24, 2.45) is 34.0 Å². The number of nitrogen functional groups attached to an aromatic ring is 1. The van der Waals surface area contributed by atoms with Crippen LogP contribution in [-0.4, -0.2) is 51.0 Å². The Balaban J connectivity index is 0.000000375. The minimum atomic E-state index is -1.11. The Morgan fingerprint density at radius 1 is 1.14 bits per heavy atom. The smallest absolute Gasteiger partial charge is 0.339 e. The predicted octanol–water partition coefficient (Wildman–Crippen LogP) is 6.36. The van der Waals surface area contributed by atoms with Gasteiger partial charge in [0.2, 0.25) is 0 Å². The second-order valence-corrected chi connectivity index (χ2v) is 14.3. The van der Waals surface area contributed by atoms with Crippen molar-refractivity contribution in [2.45, 2.75) is 76.9 Å². The summed E-state index contributed by atoms with van der Waals surface area (Å²) in [6.45, 7) is 12.6. The highest BCUT2D eigenvalue weighted by Gasteiger charge is 2.68. The van der Waals surface area contributed by atoms with Crippen LogP contribution in [0.3, 0.4) is 0 Å². The lowest BCUT2D eigenvalue weighted by molar-refractivity contribution is -0.205. The Kier molecular flexibility index (Phi) is 9.90. The molecule has 0 amide bonds. The lowest BCUT2D eigenvalue weighted by Gasteiger charge is -2.61. The van der Waals surface area contributed by atoms with Crippen LogP contribution in [0.25, 0.3) is 0 Å². The van der Waals surface area contributed by atoms with Gasteiger partial charge in [0, 0.05) is 33.8 Å². The zero-order valence-electron chi connectivity index (χ0n) is 26.0. The summed E-state index contributed by atoms with van der Waals surface area (Å²) in [7, 11) is 0. The van der Waals surface area contributed by atoms with E-state index in [0.29, 0.717) is 18.5 Å². The number of anilines is 1. The van der Waals surface area contributed by atoms with Crippen molar-refractivity contribution < 1.29 is 34.4 Å². The van der Waals surface area contributed by atoms with Gasteiger partial charge in [-0.2, -0.15) is 0 Å². The number of ketones is 1. The van der Waals surface area contributed by atoms with E-state index in [1.54, 1.807) is 12.1 Å². The third-order valence-corrected chi connectivity index (χ3v) is 11.9. The molecule has 0 aliphatic heterocycles. The van der Waals surface area contributed by atoms with E-state index in [1.165, 1.54) is 23.9 Å². The molecule has 3 fully saturated rings. The largest absolute Gasteiger partial charge is 0.507 e. The molecule has 9 heteroatoms. The second kappa shape index (κ2) is 13.0. The number of ether oxygens (including phenoxy) is 1. The number of Topliss-reactive ketones (excluding diaryl/α,β-unsaturated/α-hetero) is 1. The summed E-state index contributed by atoms with van der Waals surface area (Å²) in [5.74, 6) is -1.20. The van der Waals surface area contributed by atoms with Crippen molar-refractivity contribution in [3.63, 3.8) is 0 Å². The third kappa shape index (κ3) is 6.13. The highest BCUT2D eigenvalue weighted by atomic mass is 32.2. The van der Waals surface area contributed by atoms with Gasteiger partial charge in [0.05, 0.1) is 11.9 Å². The molecule has 0 heterocycles. The van der Waals surface area contributed by atoms with Gasteiger partial charge >= 0.3 is 11.9 Å². The van der Waals surface area contributed by atoms with Crippen LogP contribution in [-0.2, 0) is 14.3 Å². The molecule has 2 aromatic carbocycles. The maximum absolute atomic E-state index is 13.4. The molecule has 3 aliphatic carbocycles. The third-order valence-electron chi connectivity index (χ3n) is 10.9. The van der Waals surface area contributed by atoms with E-state index < -0.39 is 29.0 Å². The summed E-state index contributed by atoms with van der Waals surface area (Å²) in [6.07, 6.45) is 4.39. The first-order valence-corrected chi connectivity index (χ1v) is 16.2.